The van der Waals surface area contributed by atoms with E-state index >= 15 is 0 Å². The van der Waals surface area contributed by atoms with E-state index in [1.54, 1.807) is 7.11 Å². The third kappa shape index (κ3) is 3.77. The van der Waals surface area contributed by atoms with Gasteiger partial charge < -0.3 is 10.1 Å². The van der Waals surface area contributed by atoms with Crippen molar-refractivity contribution >= 4 is 22.6 Å². The van der Waals surface area contributed by atoms with Crippen LogP contribution in [0.1, 0.15) is 35.2 Å². The van der Waals surface area contributed by atoms with Gasteiger partial charge in [0.15, 0.2) is 0 Å². The molecule has 0 heterocycles. The van der Waals surface area contributed by atoms with E-state index in [2.05, 4.69) is 85.1 Å². The van der Waals surface area contributed by atoms with Crippen molar-refractivity contribution in [3.8, 4) is 5.75 Å². The van der Waals surface area contributed by atoms with Crippen molar-refractivity contribution in [2.24, 2.45) is 0 Å². The van der Waals surface area contributed by atoms with E-state index in [-0.39, 0.29) is 6.04 Å². The quantitative estimate of drug-likeness (QED) is 0.747. The van der Waals surface area contributed by atoms with E-state index in [1.807, 2.05) is 0 Å². The molecule has 0 aliphatic heterocycles. The van der Waals surface area contributed by atoms with Gasteiger partial charge in [-0.2, -0.15) is 0 Å². The molecule has 2 aromatic carbocycles. The molecule has 1 unspecified atom stereocenters. The molecule has 0 aliphatic rings. The van der Waals surface area contributed by atoms with Crippen molar-refractivity contribution in [2.45, 2.75) is 26.8 Å². The lowest BCUT2D eigenvalue weighted by molar-refractivity contribution is 0.403. The van der Waals surface area contributed by atoms with Gasteiger partial charge in [0.25, 0.3) is 0 Å². The molecule has 0 saturated heterocycles. The highest BCUT2D eigenvalue weighted by atomic mass is 127. The standard InChI is InChI=1S/C18H22INO/c1-5-20-18(14-7-6-8-15(19)11-14)17-13(3)9-12(2)10-16(17)21-4/h6-11,18,20H,5H2,1-4H3. The molecule has 1 atom stereocenters. The molecule has 112 valence electrons. The van der Waals surface area contributed by atoms with Crippen LogP contribution in [0.4, 0.5) is 0 Å². The average Bonchev–Trinajstić information content (AvgIpc) is 2.44. The van der Waals surface area contributed by atoms with E-state index in [0.29, 0.717) is 0 Å². The Kier molecular flexibility index (Phi) is 5.65. The van der Waals surface area contributed by atoms with Crippen LogP contribution in [0.25, 0.3) is 0 Å². The molecule has 21 heavy (non-hydrogen) atoms. The second-order valence-corrected chi connectivity index (χ2v) is 6.49. The zero-order valence-electron chi connectivity index (χ0n) is 13.0. The Morgan fingerprint density at radius 3 is 2.57 bits per heavy atom. The number of nitrogens with one attached hydrogen (secondary N) is 1. The van der Waals surface area contributed by atoms with Gasteiger partial charge in [-0.15, -0.1) is 0 Å². The highest BCUT2D eigenvalue weighted by Gasteiger charge is 2.20. The first kappa shape index (κ1) is 16.3. The van der Waals surface area contributed by atoms with Crippen LogP contribution in [0, 0.1) is 17.4 Å². The summed E-state index contributed by atoms with van der Waals surface area (Å²) in [4.78, 5) is 0. The molecule has 3 heteroatoms. The molecule has 2 rings (SSSR count). The molecular formula is C18H22INO. The van der Waals surface area contributed by atoms with Crippen LogP contribution in [0.5, 0.6) is 5.75 Å². The maximum Gasteiger partial charge on any atom is 0.124 e. The molecular weight excluding hydrogens is 373 g/mol. The first-order valence-corrected chi connectivity index (χ1v) is 8.28. The lowest BCUT2D eigenvalue weighted by Gasteiger charge is -2.24. The summed E-state index contributed by atoms with van der Waals surface area (Å²) in [5, 5.41) is 3.59. The molecule has 0 amide bonds. The fraction of sp³-hybridized carbons (Fsp3) is 0.333. The number of hydrogen-bond donors (Lipinski definition) is 1. The van der Waals surface area contributed by atoms with Crippen LogP contribution < -0.4 is 10.1 Å². The Morgan fingerprint density at radius 1 is 1.19 bits per heavy atom. The van der Waals surface area contributed by atoms with Crippen molar-refractivity contribution in [3.05, 3.63) is 62.2 Å². The summed E-state index contributed by atoms with van der Waals surface area (Å²) in [5.41, 5.74) is 4.99. The summed E-state index contributed by atoms with van der Waals surface area (Å²) in [7, 11) is 1.75. The number of benzene rings is 2. The second kappa shape index (κ2) is 7.27. The number of hydrogen-bond acceptors (Lipinski definition) is 2. The van der Waals surface area contributed by atoms with Gasteiger partial charge in [-0.05, 0) is 77.9 Å². The van der Waals surface area contributed by atoms with Gasteiger partial charge in [-0.1, -0.05) is 25.1 Å². The third-order valence-electron chi connectivity index (χ3n) is 3.59. The second-order valence-electron chi connectivity index (χ2n) is 5.24. The van der Waals surface area contributed by atoms with Crippen LogP contribution >= 0.6 is 22.6 Å². The molecule has 0 bridgehead atoms. The van der Waals surface area contributed by atoms with Gasteiger partial charge >= 0.3 is 0 Å². The maximum atomic E-state index is 5.64. The molecule has 2 nitrogen and oxygen atoms in total. The van der Waals surface area contributed by atoms with E-state index in [0.717, 1.165) is 12.3 Å². The Labute approximate surface area is 141 Å². The smallest absolute Gasteiger partial charge is 0.124 e. The van der Waals surface area contributed by atoms with Crippen LogP contribution in [0.3, 0.4) is 0 Å². The van der Waals surface area contributed by atoms with Gasteiger partial charge in [0.2, 0.25) is 0 Å². The number of aryl methyl sites for hydroxylation is 2. The third-order valence-corrected chi connectivity index (χ3v) is 4.26. The maximum absolute atomic E-state index is 5.64. The minimum atomic E-state index is 0.153. The Morgan fingerprint density at radius 2 is 1.95 bits per heavy atom. The first-order chi connectivity index (χ1) is 10.1. The number of ether oxygens (including phenoxy) is 1. The average molecular weight is 395 g/mol. The van der Waals surface area contributed by atoms with Gasteiger partial charge in [0, 0.05) is 9.13 Å². The minimum Gasteiger partial charge on any atom is -0.496 e. The molecule has 0 aliphatic carbocycles. The minimum absolute atomic E-state index is 0.153. The van der Waals surface area contributed by atoms with E-state index in [9.17, 15) is 0 Å². The number of halogens is 1. The van der Waals surface area contributed by atoms with E-state index in [4.69, 9.17) is 4.74 Å². The van der Waals surface area contributed by atoms with Crippen molar-refractivity contribution in [1.82, 2.24) is 5.32 Å². The van der Waals surface area contributed by atoms with E-state index in [1.165, 1.54) is 25.8 Å². The summed E-state index contributed by atoms with van der Waals surface area (Å²) < 4.78 is 6.89. The monoisotopic (exact) mass is 395 g/mol. The highest BCUT2D eigenvalue weighted by Crippen LogP contribution is 2.34. The summed E-state index contributed by atoms with van der Waals surface area (Å²) >= 11 is 2.36. The lowest BCUT2D eigenvalue weighted by Crippen LogP contribution is -2.23. The summed E-state index contributed by atoms with van der Waals surface area (Å²) in [6.45, 7) is 7.31. The Bertz CT molecular complexity index is 625. The molecule has 2 aromatic rings. The van der Waals surface area contributed by atoms with Crippen molar-refractivity contribution in [3.63, 3.8) is 0 Å². The zero-order valence-corrected chi connectivity index (χ0v) is 15.2. The zero-order chi connectivity index (χ0) is 15.4. The molecule has 0 aromatic heterocycles. The topological polar surface area (TPSA) is 21.3 Å². The van der Waals surface area contributed by atoms with Crippen LogP contribution in [-0.4, -0.2) is 13.7 Å². The predicted molar refractivity (Wildman–Crippen MR) is 97.1 cm³/mol. The Balaban J connectivity index is 2.58. The molecule has 0 spiro atoms. The van der Waals surface area contributed by atoms with Crippen molar-refractivity contribution < 1.29 is 4.74 Å². The van der Waals surface area contributed by atoms with Gasteiger partial charge in [0.1, 0.15) is 5.75 Å². The summed E-state index contributed by atoms with van der Waals surface area (Å²) in [6, 6.07) is 13.1. The fourth-order valence-corrected chi connectivity index (χ4v) is 3.32. The van der Waals surface area contributed by atoms with Crippen LogP contribution in [-0.2, 0) is 0 Å². The SMILES string of the molecule is CCNC(c1cccc(I)c1)c1c(C)cc(C)cc1OC. The molecule has 0 radical (unpaired) electrons. The largest absolute Gasteiger partial charge is 0.496 e. The number of methoxy groups -OCH3 is 1. The fourth-order valence-electron chi connectivity index (χ4n) is 2.76. The summed E-state index contributed by atoms with van der Waals surface area (Å²) in [5.74, 6) is 0.956. The van der Waals surface area contributed by atoms with E-state index < -0.39 is 0 Å². The van der Waals surface area contributed by atoms with Crippen LogP contribution in [0.15, 0.2) is 36.4 Å². The number of rotatable bonds is 5. The van der Waals surface area contributed by atoms with Crippen molar-refractivity contribution in [1.29, 1.82) is 0 Å². The molecule has 1 N–H and O–H groups in total. The van der Waals surface area contributed by atoms with Gasteiger partial charge in [-0.3, -0.25) is 0 Å². The van der Waals surface area contributed by atoms with Gasteiger partial charge in [0.05, 0.1) is 13.2 Å². The normalized spacial score (nSPS) is 12.2. The first-order valence-electron chi connectivity index (χ1n) is 7.20. The molecule has 0 saturated carbocycles. The lowest BCUT2D eigenvalue weighted by atomic mass is 9.92. The Hall–Kier alpha value is -1.07. The van der Waals surface area contributed by atoms with Crippen LogP contribution in [0.2, 0.25) is 0 Å². The van der Waals surface area contributed by atoms with Gasteiger partial charge in [-0.25, -0.2) is 0 Å². The highest BCUT2D eigenvalue weighted by molar-refractivity contribution is 14.1. The summed E-state index contributed by atoms with van der Waals surface area (Å²) in [6.07, 6.45) is 0. The predicted octanol–water partition coefficient (Wildman–Crippen LogP) is 4.62. The van der Waals surface area contributed by atoms with Crippen molar-refractivity contribution in [2.75, 3.05) is 13.7 Å². The molecule has 0 fully saturated rings.